The second kappa shape index (κ2) is 17.2. The predicted octanol–water partition coefficient (Wildman–Crippen LogP) is 15.9. The average Bonchev–Trinajstić information content (AvgIpc) is 3.24. The SMILES string of the molecule is CC(C)N(C(C)C)[P@@](=O)(c1ccccc1)c1ccccc1-c1c(-c2ccc(C(F)(F)F)cc2)c(-c2ccc(C(F)(F)F)cc2)c(-c2ccc(C(F)(F)F)cc2)c2cc(C(F)(F)F)ccc12. The van der Waals surface area contributed by atoms with Crippen molar-refractivity contribution in [2.75, 3.05) is 0 Å². The summed E-state index contributed by atoms with van der Waals surface area (Å²) in [5.74, 6) is 0. The topological polar surface area (TPSA) is 20.3 Å². The van der Waals surface area contributed by atoms with Crippen LogP contribution in [0, 0.1) is 0 Å². The van der Waals surface area contributed by atoms with Crippen molar-refractivity contribution in [3.63, 3.8) is 0 Å². The lowest BCUT2D eigenvalue weighted by molar-refractivity contribution is -0.138. The molecule has 2 nitrogen and oxygen atoms in total. The largest absolute Gasteiger partial charge is 0.416 e. The minimum absolute atomic E-state index is 0.00616. The molecule has 0 aliphatic heterocycles. The standard InChI is InChI=1S/C50H38F12NOP/c1-29(2)63(30(3)4)65(64,38-10-6-5-7-11-38)42-13-9-8-12-40(42)46-39-27-26-37(50(60,61)62)28-41(39)43(31-14-20-34(21-15-31)47(51,52)53)44(32-16-22-35(23-17-32)48(54,55)56)45(46)33-18-24-36(25-19-33)49(57,58)59/h5-30H,1-4H3/t65-/m1/s1. The van der Waals surface area contributed by atoms with Crippen LogP contribution in [0.15, 0.2) is 146 Å². The van der Waals surface area contributed by atoms with E-state index in [9.17, 15) is 52.7 Å². The second-order valence-corrected chi connectivity index (χ2v) is 18.6. The van der Waals surface area contributed by atoms with Crippen molar-refractivity contribution >= 4 is 28.7 Å². The Bertz CT molecular complexity index is 2870. The molecule has 338 valence electrons. The minimum atomic E-state index is -4.98. The van der Waals surface area contributed by atoms with Gasteiger partial charge in [-0.1, -0.05) is 78.9 Å². The molecule has 0 spiro atoms. The molecule has 7 aromatic rings. The van der Waals surface area contributed by atoms with Crippen LogP contribution in [0.3, 0.4) is 0 Å². The van der Waals surface area contributed by atoms with Crippen molar-refractivity contribution in [3.8, 4) is 44.5 Å². The number of rotatable bonds is 9. The molecular weight excluding hydrogens is 890 g/mol. The van der Waals surface area contributed by atoms with Crippen LogP contribution in [0.4, 0.5) is 52.7 Å². The molecule has 0 heterocycles. The molecule has 0 amide bonds. The summed E-state index contributed by atoms with van der Waals surface area (Å²) >= 11 is 0. The fraction of sp³-hybridized carbons (Fsp3) is 0.200. The van der Waals surface area contributed by atoms with E-state index >= 15 is 4.57 Å². The lowest BCUT2D eigenvalue weighted by Crippen LogP contribution is -2.41. The van der Waals surface area contributed by atoms with Crippen molar-refractivity contribution in [3.05, 3.63) is 168 Å². The first kappa shape index (κ1) is 47.1. The number of hydrogen-bond acceptors (Lipinski definition) is 1. The smallest absolute Gasteiger partial charge is 0.296 e. The molecule has 7 rings (SSSR count). The van der Waals surface area contributed by atoms with Gasteiger partial charge < -0.3 is 0 Å². The van der Waals surface area contributed by atoms with Gasteiger partial charge in [0.15, 0.2) is 0 Å². The summed E-state index contributed by atoms with van der Waals surface area (Å²) in [5, 5.41) is 0.364. The summed E-state index contributed by atoms with van der Waals surface area (Å²) in [6.07, 6.45) is -19.5. The Hall–Kier alpha value is -5.85. The molecule has 0 radical (unpaired) electrons. The summed E-state index contributed by atoms with van der Waals surface area (Å²) in [5.41, 5.74) is -4.69. The van der Waals surface area contributed by atoms with Crippen LogP contribution >= 0.6 is 7.29 Å². The zero-order valence-corrected chi connectivity index (χ0v) is 35.7. The summed E-state index contributed by atoms with van der Waals surface area (Å²) < 4.78 is 189. The molecule has 0 saturated heterocycles. The van der Waals surface area contributed by atoms with Gasteiger partial charge in [0.1, 0.15) is 0 Å². The van der Waals surface area contributed by atoms with Gasteiger partial charge in [-0.05, 0) is 150 Å². The monoisotopic (exact) mass is 927 g/mol. The number of halogens is 12. The van der Waals surface area contributed by atoms with Crippen LogP contribution in [0.1, 0.15) is 49.9 Å². The van der Waals surface area contributed by atoms with Gasteiger partial charge in [0.2, 0.25) is 7.29 Å². The van der Waals surface area contributed by atoms with E-state index in [0.29, 0.717) is 17.4 Å². The van der Waals surface area contributed by atoms with Crippen molar-refractivity contribution < 1.29 is 57.3 Å². The fourth-order valence-corrected chi connectivity index (χ4v) is 12.0. The zero-order chi connectivity index (χ0) is 47.4. The second-order valence-electron chi connectivity index (χ2n) is 16.0. The number of alkyl halides is 12. The van der Waals surface area contributed by atoms with Gasteiger partial charge in [-0.3, -0.25) is 4.57 Å². The molecule has 0 aromatic heterocycles. The average molecular weight is 928 g/mol. The normalized spacial score (nSPS) is 13.8. The van der Waals surface area contributed by atoms with E-state index in [-0.39, 0.29) is 72.7 Å². The highest BCUT2D eigenvalue weighted by atomic mass is 31.2. The maximum Gasteiger partial charge on any atom is 0.416 e. The van der Waals surface area contributed by atoms with Gasteiger partial charge in [0.25, 0.3) is 0 Å². The van der Waals surface area contributed by atoms with Crippen LogP contribution < -0.4 is 10.6 Å². The molecule has 0 fully saturated rings. The Labute approximate surface area is 366 Å². The van der Waals surface area contributed by atoms with E-state index in [0.717, 1.165) is 78.9 Å². The molecular formula is C50H38F12NOP. The van der Waals surface area contributed by atoms with E-state index in [2.05, 4.69) is 0 Å². The lowest BCUT2D eigenvalue weighted by atomic mass is 9.78. The maximum absolute atomic E-state index is 16.5. The quantitative estimate of drug-likeness (QED) is 0.106. The first-order valence-electron chi connectivity index (χ1n) is 20.1. The van der Waals surface area contributed by atoms with Crippen molar-refractivity contribution in [1.82, 2.24) is 4.67 Å². The van der Waals surface area contributed by atoms with E-state index in [4.69, 9.17) is 0 Å². The van der Waals surface area contributed by atoms with Gasteiger partial charge >= 0.3 is 24.7 Å². The van der Waals surface area contributed by atoms with Crippen LogP contribution in [0.25, 0.3) is 55.3 Å². The van der Waals surface area contributed by atoms with E-state index in [1.54, 1.807) is 59.3 Å². The molecule has 7 aromatic carbocycles. The summed E-state index contributed by atoms with van der Waals surface area (Å²) in [6.45, 7) is 7.34. The van der Waals surface area contributed by atoms with E-state index in [1.165, 1.54) is 0 Å². The first-order valence-corrected chi connectivity index (χ1v) is 21.8. The van der Waals surface area contributed by atoms with Crippen LogP contribution in [-0.4, -0.2) is 16.8 Å². The molecule has 0 aliphatic carbocycles. The van der Waals surface area contributed by atoms with Crippen molar-refractivity contribution in [2.45, 2.75) is 64.5 Å². The van der Waals surface area contributed by atoms with Crippen LogP contribution in [0.2, 0.25) is 0 Å². The Morgan fingerprint density at radius 2 is 0.769 bits per heavy atom. The van der Waals surface area contributed by atoms with E-state index < -0.39 is 54.3 Å². The van der Waals surface area contributed by atoms with Crippen molar-refractivity contribution in [2.24, 2.45) is 0 Å². The molecule has 15 heteroatoms. The third kappa shape index (κ3) is 9.07. The highest BCUT2D eigenvalue weighted by Crippen LogP contribution is 2.57. The van der Waals surface area contributed by atoms with Gasteiger partial charge in [0.05, 0.1) is 22.3 Å². The Balaban J connectivity index is 1.78. The molecule has 0 bridgehead atoms. The third-order valence-corrected chi connectivity index (χ3v) is 14.7. The number of fused-ring (bicyclic) bond motifs is 1. The summed E-state index contributed by atoms with van der Waals surface area (Å²) in [7, 11) is -4.04. The van der Waals surface area contributed by atoms with Crippen molar-refractivity contribution in [1.29, 1.82) is 0 Å². The molecule has 0 aliphatic rings. The van der Waals surface area contributed by atoms with Gasteiger partial charge in [-0.15, -0.1) is 0 Å². The summed E-state index contributed by atoms with van der Waals surface area (Å²) in [6, 6.07) is 27.4. The first-order chi connectivity index (χ1) is 30.3. The molecule has 1 atom stereocenters. The zero-order valence-electron chi connectivity index (χ0n) is 34.8. The van der Waals surface area contributed by atoms with Crippen LogP contribution in [0.5, 0.6) is 0 Å². The Morgan fingerprint density at radius 3 is 1.18 bits per heavy atom. The molecule has 0 unspecified atom stereocenters. The van der Waals surface area contributed by atoms with Gasteiger partial charge in [-0.25, -0.2) is 4.67 Å². The Kier molecular flexibility index (Phi) is 12.5. The third-order valence-electron chi connectivity index (χ3n) is 11.1. The summed E-state index contributed by atoms with van der Waals surface area (Å²) in [4.78, 5) is 0. The lowest BCUT2D eigenvalue weighted by Gasteiger charge is -2.39. The fourth-order valence-electron chi connectivity index (χ4n) is 8.52. The number of benzene rings is 7. The maximum atomic E-state index is 16.5. The number of nitrogens with zero attached hydrogens (tertiary/aromatic N) is 1. The van der Waals surface area contributed by atoms with Crippen LogP contribution in [-0.2, 0) is 29.3 Å². The Morgan fingerprint density at radius 1 is 0.400 bits per heavy atom. The van der Waals surface area contributed by atoms with Gasteiger partial charge in [-0.2, -0.15) is 52.7 Å². The minimum Gasteiger partial charge on any atom is -0.296 e. The highest BCUT2D eigenvalue weighted by Gasteiger charge is 2.41. The highest BCUT2D eigenvalue weighted by molar-refractivity contribution is 7.76. The predicted molar refractivity (Wildman–Crippen MR) is 231 cm³/mol. The van der Waals surface area contributed by atoms with E-state index in [1.807, 2.05) is 27.7 Å². The number of hydrogen-bond donors (Lipinski definition) is 0. The molecule has 0 saturated carbocycles. The van der Waals surface area contributed by atoms with Gasteiger partial charge in [0, 0.05) is 22.7 Å². The molecule has 0 N–H and O–H groups in total. The molecule has 65 heavy (non-hydrogen) atoms.